The van der Waals surface area contributed by atoms with Crippen LogP contribution in [0, 0.1) is 0 Å². The zero-order chi connectivity index (χ0) is 16.4. The van der Waals surface area contributed by atoms with Gasteiger partial charge in [0.2, 0.25) is 0 Å². The highest BCUT2D eigenvalue weighted by molar-refractivity contribution is 5.53. The maximum Gasteiger partial charge on any atom is 0.134 e. The fraction of sp³-hybridized carbons (Fsp3) is 0.474. The summed E-state index contributed by atoms with van der Waals surface area (Å²) in [6.07, 6.45) is 3.76. The maximum atomic E-state index is 4.54. The van der Waals surface area contributed by atoms with Crippen LogP contribution in [-0.4, -0.2) is 21.5 Å². The summed E-state index contributed by atoms with van der Waals surface area (Å²) in [7, 11) is 0. The number of benzene rings is 1. The quantitative estimate of drug-likeness (QED) is 0.925. The third-order valence-electron chi connectivity index (χ3n) is 4.74. The number of hydrogen-bond donors (Lipinski definition) is 1. The van der Waals surface area contributed by atoms with Gasteiger partial charge < -0.3 is 10.2 Å². The zero-order valence-electron chi connectivity index (χ0n) is 14.5. The second kappa shape index (κ2) is 6.19. The number of nitrogens with zero attached hydrogens (tertiary/aromatic N) is 3. The van der Waals surface area contributed by atoms with Crippen LogP contribution in [0.1, 0.15) is 45.2 Å². The molecule has 2 aromatic rings. The summed E-state index contributed by atoms with van der Waals surface area (Å²) >= 11 is 0. The molecule has 0 unspecified atom stereocenters. The van der Waals surface area contributed by atoms with Gasteiger partial charge in [-0.25, -0.2) is 9.97 Å². The van der Waals surface area contributed by atoms with Gasteiger partial charge in [-0.05, 0) is 44.7 Å². The average Bonchev–Trinajstić information content (AvgIpc) is 2.53. The molecule has 23 heavy (non-hydrogen) atoms. The lowest BCUT2D eigenvalue weighted by molar-refractivity contribution is 0.427. The maximum absolute atomic E-state index is 4.54. The number of nitrogens with one attached hydrogen (secondary N) is 1. The Morgan fingerprint density at radius 2 is 1.96 bits per heavy atom. The molecule has 122 valence electrons. The van der Waals surface area contributed by atoms with Crippen LogP contribution in [0.4, 0.5) is 11.6 Å². The first kappa shape index (κ1) is 15.8. The molecular weight excluding hydrogens is 284 g/mol. The molecule has 0 radical (unpaired) electrons. The third-order valence-corrected chi connectivity index (χ3v) is 4.74. The highest BCUT2D eigenvalue weighted by Crippen LogP contribution is 2.34. The van der Waals surface area contributed by atoms with Crippen LogP contribution in [0.15, 0.2) is 36.7 Å². The predicted molar refractivity (Wildman–Crippen MR) is 95.8 cm³/mol. The molecule has 1 aromatic heterocycles. The molecule has 3 rings (SSSR count). The normalized spacial score (nSPS) is 17.5. The van der Waals surface area contributed by atoms with Crippen molar-refractivity contribution in [3.05, 3.63) is 47.8 Å². The van der Waals surface area contributed by atoms with E-state index < -0.39 is 0 Å². The Kier molecular flexibility index (Phi) is 4.24. The average molecular weight is 310 g/mol. The molecule has 1 aromatic carbocycles. The molecule has 4 nitrogen and oxygen atoms in total. The summed E-state index contributed by atoms with van der Waals surface area (Å²) in [5.74, 6) is 1.89. The minimum Gasteiger partial charge on any atom is -0.367 e. The lowest BCUT2D eigenvalue weighted by Gasteiger charge is -2.44. The van der Waals surface area contributed by atoms with E-state index in [0.29, 0.717) is 6.04 Å². The number of hydrogen-bond acceptors (Lipinski definition) is 4. The molecule has 1 aliphatic heterocycles. The van der Waals surface area contributed by atoms with Crippen molar-refractivity contribution in [2.75, 3.05) is 10.2 Å². The van der Waals surface area contributed by atoms with Crippen LogP contribution in [0.25, 0.3) is 0 Å². The van der Waals surface area contributed by atoms with Gasteiger partial charge >= 0.3 is 0 Å². The number of fused-ring (bicyclic) bond motifs is 1. The van der Waals surface area contributed by atoms with Crippen molar-refractivity contribution >= 4 is 11.6 Å². The molecule has 0 fully saturated rings. The Bertz CT molecular complexity index is 681. The van der Waals surface area contributed by atoms with Crippen molar-refractivity contribution in [3.8, 4) is 0 Å². The van der Waals surface area contributed by atoms with Crippen LogP contribution in [0.5, 0.6) is 0 Å². The smallest absolute Gasteiger partial charge is 0.134 e. The van der Waals surface area contributed by atoms with Crippen molar-refractivity contribution in [2.24, 2.45) is 0 Å². The lowest BCUT2D eigenvalue weighted by Crippen LogP contribution is -2.49. The summed E-state index contributed by atoms with van der Waals surface area (Å²) < 4.78 is 0. The van der Waals surface area contributed by atoms with E-state index in [9.17, 15) is 0 Å². The van der Waals surface area contributed by atoms with E-state index >= 15 is 0 Å². The number of rotatable bonds is 4. The fourth-order valence-electron chi connectivity index (χ4n) is 3.15. The Morgan fingerprint density at radius 3 is 2.70 bits per heavy atom. The fourth-order valence-corrected chi connectivity index (χ4v) is 3.15. The predicted octanol–water partition coefficient (Wildman–Crippen LogP) is 4.03. The molecule has 0 saturated heterocycles. The summed E-state index contributed by atoms with van der Waals surface area (Å²) in [5.41, 5.74) is 2.87. The van der Waals surface area contributed by atoms with Crippen LogP contribution in [0.3, 0.4) is 0 Å². The van der Waals surface area contributed by atoms with Crippen molar-refractivity contribution in [1.29, 1.82) is 0 Å². The first-order chi connectivity index (χ1) is 11.0. The molecule has 0 aliphatic carbocycles. The van der Waals surface area contributed by atoms with Gasteiger partial charge in [0.25, 0.3) is 0 Å². The van der Waals surface area contributed by atoms with Crippen LogP contribution in [0.2, 0.25) is 0 Å². The molecule has 0 spiro atoms. The Balaban J connectivity index is 1.90. The monoisotopic (exact) mass is 310 g/mol. The van der Waals surface area contributed by atoms with E-state index in [0.717, 1.165) is 31.0 Å². The molecule has 2 heterocycles. The molecule has 0 bridgehead atoms. The van der Waals surface area contributed by atoms with Gasteiger partial charge in [0, 0.05) is 24.2 Å². The van der Waals surface area contributed by atoms with Crippen LogP contribution >= 0.6 is 0 Å². The second-order valence-corrected chi connectivity index (χ2v) is 7.06. The van der Waals surface area contributed by atoms with E-state index in [1.165, 1.54) is 11.1 Å². The van der Waals surface area contributed by atoms with Crippen molar-refractivity contribution < 1.29 is 0 Å². The molecule has 1 atom stereocenters. The Morgan fingerprint density at radius 1 is 1.22 bits per heavy atom. The van der Waals surface area contributed by atoms with Gasteiger partial charge in [-0.15, -0.1) is 0 Å². The van der Waals surface area contributed by atoms with Crippen molar-refractivity contribution in [2.45, 2.75) is 58.7 Å². The van der Waals surface area contributed by atoms with E-state index in [-0.39, 0.29) is 5.54 Å². The molecular formula is C19H26N4. The summed E-state index contributed by atoms with van der Waals surface area (Å²) in [6, 6.07) is 11.2. The Labute approximate surface area is 139 Å². The zero-order valence-corrected chi connectivity index (χ0v) is 14.5. The van der Waals surface area contributed by atoms with E-state index in [4.69, 9.17) is 0 Å². The topological polar surface area (TPSA) is 41.0 Å². The molecule has 1 N–H and O–H groups in total. The Hall–Kier alpha value is -2.10. The largest absolute Gasteiger partial charge is 0.367 e. The molecule has 1 aliphatic rings. The summed E-state index contributed by atoms with van der Waals surface area (Å²) in [4.78, 5) is 11.3. The minimum absolute atomic E-state index is 0.0380. The van der Waals surface area contributed by atoms with E-state index in [1.807, 2.05) is 0 Å². The second-order valence-electron chi connectivity index (χ2n) is 7.06. The SMILES string of the molecule is CC[C@@H](C)Nc1cc(N2Cc3ccccc3CC2(C)C)ncn1. The summed E-state index contributed by atoms with van der Waals surface area (Å²) in [5, 5.41) is 3.44. The number of aromatic nitrogens is 2. The van der Waals surface area contributed by atoms with Gasteiger partial charge in [-0.3, -0.25) is 0 Å². The highest BCUT2D eigenvalue weighted by Gasteiger charge is 2.33. The minimum atomic E-state index is 0.0380. The molecule has 0 amide bonds. The van der Waals surface area contributed by atoms with Gasteiger partial charge in [-0.1, -0.05) is 31.2 Å². The van der Waals surface area contributed by atoms with Crippen molar-refractivity contribution in [3.63, 3.8) is 0 Å². The van der Waals surface area contributed by atoms with Crippen LogP contribution < -0.4 is 10.2 Å². The van der Waals surface area contributed by atoms with Gasteiger partial charge in [-0.2, -0.15) is 0 Å². The standard InChI is InChI=1S/C19H26N4/c1-5-14(2)22-17-10-18(21-13-20-17)23-12-16-9-7-6-8-15(16)11-19(23,3)4/h6-10,13-14H,5,11-12H2,1-4H3,(H,20,21,22)/t14-/m1/s1. The van der Waals surface area contributed by atoms with Crippen LogP contribution in [-0.2, 0) is 13.0 Å². The highest BCUT2D eigenvalue weighted by atomic mass is 15.3. The van der Waals surface area contributed by atoms with E-state index in [1.54, 1.807) is 6.33 Å². The lowest BCUT2D eigenvalue weighted by atomic mass is 9.85. The number of anilines is 2. The third kappa shape index (κ3) is 3.31. The van der Waals surface area contributed by atoms with Gasteiger partial charge in [0.1, 0.15) is 18.0 Å². The first-order valence-electron chi connectivity index (χ1n) is 8.42. The molecule has 4 heteroatoms. The van der Waals surface area contributed by atoms with Gasteiger partial charge in [0.05, 0.1) is 0 Å². The molecule has 0 saturated carbocycles. The van der Waals surface area contributed by atoms with Gasteiger partial charge in [0.15, 0.2) is 0 Å². The van der Waals surface area contributed by atoms with E-state index in [2.05, 4.69) is 78.2 Å². The first-order valence-corrected chi connectivity index (χ1v) is 8.42. The van der Waals surface area contributed by atoms with Crippen molar-refractivity contribution in [1.82, 2.24) is 9.97 Å². The summed E-state index contributed by atoms with van der Waals surface area (Å²) in [6.45, 7) is 9.80.